The van der Waals surface area contributed by atoms with Crippen LogP contribution in [-0.4, -0.2) is 107 Å². The van der Waals surface area contributed by atoms with Gasteiger partial charge in [-0.25, -0.2) is 4.39 Å². The molecule has 0 atom stereocenters. The number of carbonyl (C=O) groups is 1. The van der Waals surface area contributed by atoms with E-state index in [2.05, 4.69) is 35.6 Å². The summed E-state index contributed by atoms with van der Waals surface area (Å²) in [6, 6.07) is 8.24. The number of rotatable bonds is 10. The number of nitrogens with two attached hydrogens (primary N) is 1. The molecule has 0 aliphatic carbocycles. The maximum Gasteiger partial charge on any atom is 0.259 e. The van der Waals surface area contributed by atoms with Gasteiger partial charge in [0.1, 0.15) is 5.82 Å². The van der Waals surface area contributed by atoms with Gasteiger partial charge in [-0.3, -0.25) is 9.69 Å². The van der Waals surface area contributed by atoms with E-state index in [1.165, 1.54) is 10.6 Å². The number of hydrogen-bond donors (Lipinski definition) is 3. The molecule has 0 spiro atoms. The number of benzene rings is 1. The fourth-order valence-electron chi connectivity index (χ4n) is 4.43. The minimum Gasteiger partial charge on any atom is -0.461 e. The first kappa shape index (κ1) is 26.3. The lowest BCUT2D eigenvalue weighted by atomic mass is 10.1. The molecule has 13 nitrogen and oxygen atoms in total. The van der Waals surface area contributed by atoms with Crippen molar-refractivity contribution in [3.05, 3.63) is 48.0 Å². The zero-order chi connectivity index (χ0) is 27.4. The standard InChI is InChI=1S/C25H32FN11O2/c1-28-7-9-34(2)22(38)17-5-6-19(18(26)16-17)36-13-11-35(12-14-36)10-8-29-24-31-23(27)37-25(32-24)30-21(33-37)20-4-3-15-39-20/h3-6,15-16,28H,7-14H2,1-2H3,(H3,27,29,30,31,32,33). The number of nitrogens with zero attached hydrogens (tertiary/aromatic N) is 8. The van der Waals surface area contributed by atoms with Crippen LogP contribution in [0.5, 0.6) is 0 Å². The molecule has 1 aromatic carbocycles. The molecule has 1 aliphatic heterocycles. The van der Waals surface area contributed by atoms with Crippen molar-refractivity contribution in [2.75, 3.05) is 82.4 Å². The summed E-state index contributed by atoms with van der Waals surface area (Å²) in [6.45, 7) is 5.47. The van der Waals surface area contributed by atoms with E-state index in [1.54, 1.807) is 42.5 Å². The van der Waals surface area contributed by atoms with Crippen LogP contribution in [0, 0.1) is 5.82 Å². The van der Waals surface area contributed by atoms with Crippen molar-refractivity contribution < 1.29 is 13.6 Å². The summed E-state index contributed by atoms with van der Waals surface area (Å²) in [5.74, 6) is 1.18. The van der Waals surface area contributed by atoms with Crippen molar-refractivity contribution in [3.8, 4) is 11.6 Å². The maximum absolute atomic E-state index is 14.9. The number of fused-ring (bicyclic) bond motifs is 1. The lowest BCUT2D eigenvalue weighted by Gasteiger charge is -2.36. The van der Waals surface area contributed by atoms with Gasteiger partial charge in [-0.05, 0) is 37.4 Å². The van der Waals surface area contributed by atoms with E-state index in [1.807, 2.05) is 11.9 Å². The average Bonchev–Trinajstić information content (AvgIpc) is 3.62. The lowest BCUT2D eigenvalue weighted by Crippen LogP contribution is -2.48. The Morgan fingerprint density at radius 1 is 1.15 bits per heavy atom. The molecular formula is C25H32FN11O2. The van der Waals surface area contributed by atoms with Crippen molar-refractivity contribution in [3.63, 3.8) is 0 Å². The molecule has 5 rings (SSSR count). The van der Waals surface area contributed by atoms with Gasteiger partial charge in [0.05, 0.1) is 12.0 Å². The van der Waals surface area contributed by atoms with Gasteiger partial charge in [-0.15, -0.1) is 5.10 Å². The lowest BCUT2D eigenvalue weighted by molar-refractivity contribution is 0.0796. The molecule has 14 heteroatoms. The van der Waals surface area contributed by atoms with Gasteiger partial charge >= 0.3 is 0 Å². The fraction of sp³-hybridized carbons (Fsp3) is 0.400. The monoisotopic (exact) mass is 537 g/mol. The number of amides is 1. The summed E-state index contributed by atoms with van der Waals surface area (Å²) in [7, 11) is 3.54. The first-order valence-corrected chi connectivity index (χ1v) is 12.8. The van der Waals surface area contributed by atoms with Crippen molar-refractivity contribution in [1.82, 2.24) is 39.7 Å². The van der Waals surface area contributed by atoms with E-state index in [0.717, 1.165) is 19.6 Å². The summed E-state index contributed by atoms with van der Waals surface area (Å²) in [4.78, 5) is 31.5. The van der Waals surface area contributed by atoms with Gasteiger partial charge < -0.3 is 30.6 Å². The van der Waals surface area contributed by atoms with E-state index in [9.17, 15) is 9.18 Å². The summed E-state index contributed by atoms with van der Waals surface area (Å²) in [5, 5.41) is 10.5. The Bertz CT molecular complexity index is 1420. The number of furan rings is 1. The number of carbonyl (C=O) groups excluding carboxylic acids is 1. The number of aromatic nitrogens is 5. The summed E-state index contributed by atoms with van der Waals surface area (Å²) in [6.07, 6.45) is 1.55. The molecule has 0 radical (unpaired) electrons. The first-order chi connectivity index (χ1) is 18.9. The maximum atomic E-state index is 14.9. The Morgan fingerprint density at radius 2 is 1.97 bits per heavy atom. The molecule has 3 aromatic heterocycles. The highest BCUT2D eigenvalue weighted by Gasteiger charge is 2.21. The van der Waals surface area contributed by atoms with Crippen LogP contribution in [0.4, 0.5) is 22.0 Å². The molecule has 0 unspecified atom stereocenters. The number of nitrogens with one attached hydrogen (secondary N) is 2. The molecule has 1 aliphatic rings. The van der Waals surface area contributed by atoms with E-state index in [0.29, 0.717) is 67.3 Å². The van der Waals surface area contributed by atoms with Crippen molar-refractivity contribution in [2.45, 2.75) is 0 Å². The third kappa shape index (κ3) is 5.91. The van der Waals surface area contributed by atoms with Gasteiger partial charge in [0, 0.05) is 65.0 Å². The largest absolute Gasteiger partial charge is 0.461 e. The van der Waals surface area contributed by atoms with Crippen LogP contribution < -0.4 is 21.3 Å². The summed E-state index contributed by atoms with van der Waals surface area (Å²) < 4.78 is 21.6. The topological polar surface area (TPSA) is 146 Å². The van der Waals surface area contributed by atoms with Gasteiger partial charge in [0.15, 0.2) is 5.76 Å². The Morgan fingerprint density at radius 3 is 2.69 bits per heavy atom. The Hall–Kier alpha value is -4.30. The Labute approximate surface area is 224 Å². The molecule has 0 saturated carbocycles. The molecule has 0 bridgehead atoms. The van der Waals surface area contributed by atoms with Gasteiger partial charge in [0.25, 0.3) is 11.7 Å². The highest BCUT2D eigenvalue weighted by Crippen LogP contribution is 2.23. The predicted molar refractivity (Wildman–Crippen MR) is 145 cm³/mol. The van der Waals surface area contributed by atoms with Crippen LogP contribution in [0.2, 0.25) is 0 Å². The Balaban J connectivity index is 1.12. The normalized spacial score (nSPS) is 14.2. The average molecular weight is 538 g/mol. The van der Waals surface area contributed by atoms with Crippen LogP contribution in [0.1, 0.15) is 10.4 Å². The molecular weight excluding hydrogens is 505 g/mol. The highest BCUT2D eigenvalue weighted by molar-refractivity contribution is 5.94. The van der Waals surface area contributed by atoms with E-state index in [-0.39, 0.29) is 17.7 Å². The second-order valence-electron chi connectivity index (χ2n) is 9.28. The second kappa shape index (κ2) is 11.6. The van der Waals surface area contributed by atoms with Crippen LogP contribution in [-0.2, 0) is 0 Å². The van der Waals surface area contributed by atoms with Crippen molar-refractivity contribution >= 4 is 29.3 Å². The predicted octanol–water partition coefficient (Wildman–Crippen LogP) is 1.03. The highest BCUT2D eigenvalue weighted by atomic mass is 19.1. The molecule has 1 amide bonds. The number of halogens is 1. The summed E-state index contributed by atoms with van der Waals surface area (Å²) in [5.41, 5.74) is 6.92. The number of piperazine rings is 1. The molecule has 39 heavy (non-hydrogen) atoms. The molecule has 1 saturated heterocycles. The molecule has 4 N–H and O–H groups in total. The third-order valence-electron chi connectivity index (χ3n) is 6.64. The zero-order valence-electron chi connectivity index (χ0n) is 22.0. The first-order valence-electron chi connectivity index (χ1n) is 12.8. The smallest absolute Gasteiger partial charge is 0.259 e. The van der Waals surface area contributed by atoms with Crippen LogP contribution in [0.25, 0.3) is 17.4 Å². The third-order valence-corrected chi connectivity index (χ3v) is 6.64. The number of anilines is 3. The number of nitrogen functional groups attached to an aromatic ring is 1. The van der Waals surface area contributed by atoms with E-state index in [4.69, 9.17) is 10.2 Å². The van der Waals surface area contributed by atoms with Gasteiger partial charge in [-0.2, -0.15) is 19.5 Å². The molecule has 4 heterocycles. The van der Waals surface area contributed by atoms with E-state index < -0.39 is 0 Å². The molecule has 4 aromatic rings. The molecule has 1 fully saturated rings. The van der Waals surface area contributed by atoms with Crippen molar-refractivity contribution in [2.24, 2.45) is 0 Å². The Kier molecular flexibility index (Phi) is 7.84. The SMILES string of the molecule is CNCCN(C)C(=O)c1ccc(N2CCN(CCNc3nc(N)n4nc(-c5ccco5)nc4n3)CC2)c(F)c1. The van der Waals surface area contributed by atoms with E-state index >= 15 is 0 Å². The van der Waals surface area contributed by atoms with Crippen LogP contribution >= 0.6 is 0 Å². The number of likely N-dealkylation sites (N-methyl/N-ethyl adjacent to an activating group) is 2. The van der Waals surface area contributed by atoms with Gasteiger partial charge in [0.2, 0.25) is 17.7 Å². The summed E-state index contributed by atoms with van der Waals surface area (Å²) >= 11 is 0. The van der Waals surface area contributed by atoms with Crippen LogP contribution in [0.15, 0.2) is 41.0 Å². The van der Waals surface area contributed by atoms with Gasteiger partial charge in [-0.1, -0.05) is 0 Å². The van der Waals surface area contributed by atoms with Crippen molar-refractivity contribution in [1.29, 1.82) is 0 Å². The minimum atomic E-state index is -0.383. The quantitative estimate of drug-likeness (QED) is 0.267. The molecule has 206 valence electrons. The minimum absolute atomic E-state index is 0.167. The number of hydrogen-bond acceptors (Lipinski definition) is 11. The van der Waals surface area contributed by atoms with Crippen LogP contribution in [0.3, 0.4) is 0 Å². The zero-order valence-corrected chi connectivity index (χ0v) is 22.0. The fourth-order valence-corrected chi connectivity index (χ4v) is 4.43. The second-order valence-corrected chi connectivity index (χ2v) is 9.28.